The Morgan fingerprint density at radius 2 is 1.55 bits per heavy atom. The number of carbonyl (C=O) groups is 2. The molecule has 0 unspecified atom stereocenters. The largest absolute Gasteiger partial charge is 0.480 e. The molecule has 216 valence electrons. The highest BCUT2D eigenvalue weighted by Gasteiger charge is 2.26. The lowest BCUT2D eigenvalue weighted by atomic mass is 9.90. The van der Waals surface area contributed by atoms with Gasteiger partial charge in [0.1, 0.15) is 6.54 Å². The smallest absolute Gasteiger partial charge is 0.323 e. The van der Waals surface area contributed by atoms with Gasteiger partial charge in [0.2, 0.25) is 5.95 Å². The Bertz CT molecular complexity index is 1490. The number of rotatable bonds is 11. The molecule has 3 aromatic carbocycles. The first-order valence-corrected chi connectivity index (χ1v) is 14.8. The van der Waals surface area contributed by atoms with Crippen molar-refractivity contribution < 1.29 is 14.7 Å². The summed E-state index contributed by atoms with van der Waals surface area (Å²) < 4.78 is 0. The number of carboxylic acids is 1. The molecule has 42 heavy (non-hydrogen) atoms. The van der Waals surface area contributed by atoms with Crippen LogP contribution in [0.4, 0.5) is 5.95 Å². The lowest BCUT2D eigenvalue weighted by Gasteiger charge is -2.32. The summed E-state index contributed by atoms with van der Waals surface area (Å²) in [7, 11) is 0. The van der Waals surface area contributed by atoms with Crippen LogP contribution < -0.4 is 4.90 Å². The molecule has 1 aliphatic rings. The highest BCUT2D eigenvalue weighted by molar-refractivity contribution is 6.30. The molecule has 0 spiro atoms. The molecule has 1 N–H and O–H groups in total. The molecule has 1 saturated heterocycles. The third-order valence-corrected chi connectivity index (χ3v) is 7.95. The highest BCUT2D eigenvalue weighted by atomic mass is 35.5. The van der Waals surface area contributed by atoms with E-state index in [0.29, 0.717) is 41.0 Å². The average molecular weight is 583 g/mol. The minimum Gasteiger partial charge on any atom is -0.480 e. The van der Waals surface area contributed by atoms with E-state index in [1.54, 1.807) is 24.4 Å². The fourth-order valence-electron chi connectivity index (χ4n) is 5.51. The van der Waals surface area contributed by atoms with Crippen molar-refractivity contribution in [3.8, 4) is 0 Å². The molecule has 0 aliphatic carbocycles. The van der Waals surface area contributed by atoms with Crippen LogP contribution >= 0.6 is 11.6 Å². The van der Waals surface area contributed by atoms with Gasteiger partial charge in [-0.15, -0.1) is 0 Å². The molecule has 1 fully saturated rings. The van der Waals surface area contributed by atoms with Crippen molar-refractivity contribution in [2.24, 2.45) is 5.92 Å². The fraction of sp³-hybridized carbons (Fsp3) is 0.294. The Hall–Kier alpha value is -4.23. The van der Waals surface area contributed by atoms with E-state index in [0.717, 1.165) is 43.5 Å². The van der Waals surface area contributed by atoms with Crippen molar-refractivity contribution in [1.29, 1.82) is 0 Å². The number of aliphatic carboxylic acids is 1. The standard InChI is InChI=1S/C34H35ClN4O3/c35-29-13-7-12-28(21-29)23-39(24-32(40)41)33(42)30-22-36-34(37-31(30)15-14-25-8-3-1-4-9-25)38-18-16-27(17-19-38)20-26-10-5-2-6-11-26/h1-13,21-22,27H,14-20,23-24H2,(H,40,41). The number of carbonyl (C=O) groups excluding carboxylic acids is 1. The predicted molar refractivity (Wildman–Crippen MR) is 165 cm³/mol. The van der Waals surface area contributed by atoms with E-state index in [4.69, 9.17) is 16.6 Å². The maximum atomic E-state index is 13.8. The molecule has 1 aromatic heterocycles. The summed E-state index contributed by atoms with van der Waals surface area (Å²) in [5.74, 6) is -0.272. The Morgan fingerprint density at radius 1 is 0.881 bits per heavy atom. The van der Waals surface area contributed by atoms with Crippen LogP contribution in [0.3, 0.4) is 0 Å². The normalized spacial score (nSPS) is 13.6. The Kier molecular flexibility index (Phi) is 9.82. The maximum absolute atomic E-state index is 13.8. The third kappa shape index (κ3) is 7.95. The highest BCUT2D eigenvalue weighted by Crippen LogP contribution is 2.25. The van der Waals surface area contributed by atoms with Crippen LogP contribution in [-0.2, 0) is 30.6 Å². The third-order valence-electron chi connectivity index (χ3n) is 7.72. The van der Waals surface area contributed by atoms with E-state index in [1.807, 2.05) is 30.3 Å². The van der Waals surface area contributed by atoms with Crippen molar-refractivity contribution in [2.75, 3.05) is 24.5 Å². The monoisotopic (exact) mass is 582 g/mol. The van der Waals surface area contributed by atoms with Gasteiger partial charge in [-0.25, -0.2) is 9.97 Å². The lowest BCUT2D eigenvalue weighted by Crippen LogP contribution is -2.37. The number of piperidine rings is 1. The Morgan fingerprint density at radius 3 is 2.21 bits per heavy atom. The SMILES string of the molecule is O=C(O)CN(Cc1cccc(Cl)c1)C(=O)c1cnc(N2CCC(Cc3ccccc3)CC2)nc1CCc1ccccc1. The number of hydrogen-bond acceptors (Lipinski definition) is 5. The van der Waals surface area contributed by atoms with Crippen LogP contribution in [0.25, 0.3) is 0 Å². The molecule has 2 heterocycles. The second-order valence-corrected chi connectivity index (χ2v) is 11.3. The van der Waals surface area contributed by atoms with Crippen LogP contribution in [0.2, 0.25) is 5.02 Å². The van der Waals surface area contributed by atoms with Gasteiger partial charge in [0, 0.05) is 30.9 Å². The van der Waals surface area contributed by atoms with E-state index in [2.05, 4.69) is 46.3 Å². The molecule has 7 nitrogen and oxygen atoms in total. The molecular weight excluding hydrogens is 548 g/mol. The number of carboxylic acid groups (broad SMARTS) is 1. The zero-order valence-corrected chi connectivity index (χ0v) is 24.3. The van der Waals surface area contributed by atoms with Gasteiger partial charge in [-0.3, -0.25) is 9.59 Å². The topological polar surface area (TPSA) is 86.6 Å². The van der Waals surface area contributed by atoms with E-state index in [1.165, 1.54) is 10.5 Å². The maximum Gasteiger partial charge on any atom is 0.323 e. The van der Waals surface area contributed by atoms with Crippen LogP contribution in [-0.4, -0.2) is 51.5 Å². The van der Waals surface area contributed by atoms with Crippen molar-refractivity contribution in [1.82, 2.24) is 14.9 Å². The van der Waals surface area contributed by atoms with Gasteiger partial charge < -0.3 is 14.9 Å². The minimum atomic E-state index is -1.09. The van der Waals surface area contributed by atoms with Gasteiger partial charge in [0.05, 0.1) is 11.3 Å². The molecule has 5 rings (SSSR count). The number of benzene rings is 3. The van der Waals surface area contributed by atoms with Crippen LogP contribution in [0.1, 0.15) is 45.6 Å². The molecule has 0 atom stereocenters. The molecule has 0 radical (unpaired) electrons. The lowest BCUT2D eigenvalue weighted by molar-refractivity contribution is -0.137. The summed E-state index contributed by atoms with van der Waals surface area (Å²) in [6, 6.07) is 27.7. The second kappa shape index (κ2) is 14.1. The summed E-state index contributed by atoms with van der Waals surface area (Å²) in [5, 5.41) is 10.1. The first kappa shape index (κ1) is 29.3. The van der Waals surface area contributed by atoms with Crippen molar-refractivity contribution in [2.45, 2.75) is 38.6 Å². The van der Waals surface area contributed by atoms with Gasteiger partial charge in [-0.2, -0.15) is 0 Å². The summed E-state index contributed by atoms with van der Waals surface area (Å²) in [6.45, 7) is 1.37. The van der Waals surface area contributed by atoms with Gasteiger partial charge in [0.15, 0.2) is 0 Å². The van der Waals surface area contributed by atoms with Crippen LogP contribution in [0, 0.1) is 5.92 Å². The summed E-state index contributed by atoms with van der Waals surface area (Å²) in [5.41, 5.74) is 4.21. The molecule has 8 heteroatoms. The first-order valence-electron chi connectivity index (χ1n) is 14.4. The molecule has 1 aliphatic heterocycles. The molecule has 1 amide bonds. The van der Waals surface area contributed by atoms with Crippen molar-refractivity contribution in [3.05, 3.63) is 124 Å². The number of aryl methyl sites for hydroxylation is 2. The number of hydrogen-bond donors (Lipinski definition) is 1. The van der Waals surface area contributed by atoms with Gasteiger partial charge in [-0.1, -0.05) is 84.4 Å². The quantitative estimate of drug-likeness (QED) is 0.230. The Labute approximate surface area is 251 Å². The van der Waals surface area contributed by atoms with Gasteiger partial charge in [-0.05, 0) is 66.8 Å². The second-order valence-electron chi connectivity index (χ2n) is 10.8. The van der Waals surface area contributed by atoms with E-state index in [9.17, 15) is 14.7 Å². The summed E-state index contributed by atoms with van der Waals surface area (Å²) in [6.07, 6.45) is 5.97. The molecular formula is C34H35ClN4O3. The Balaban J connectivity index is 1.36. The summed E-state index contributed by atoms with van der Waals surface area (Å²) in [4.78, 5) is 38.6. The van der Waals surface area contributed by atoms with E-state index < -0.39 is 18.4 Å². The molecule has 0 saturated carbocycles. The number of aromatic nitrogens is 2. The fourth-order valence-corrected chi connectivity index (χ4v) is 5.72. The van der Waals surface area contributed by atoms with Crippen molar-refractivity contribution >= 4 is 29.4 Å². The predicted octanol–water partition coefficient (Wildman–Crippen LogP) is 6.10. The van der Waals surface area contributed by atoms with Gasteiger partial charge >= 0.3 is 5.97 Å². The van der Waals surface area contributed by atoms with Crippen LogP contribution in [0.15, 0.2) is 91.1 Å². The zero-order valence-electron chi connectivity index (χ0n) is 23.5. The average Bonchev–Trinajstić information content (AvgIpc) is 3.00. The number of nitrogens with zero attached hydrogens (tertiary/aromatic N) is 4. The molecule has 4 aromatic rings. The minimum absolute atomic E-state index is 0.112. The number of amides is 1. The summed E-state index contributed by atoms with van der Waals surface area (Å²) >= 11 is 6.15. The zero-order chi connectivity index (χ0) is 29.3. The molecule has 0 bridgehead atoms. The number of anilines is 1. The number of halogens is 1. The van der Waals surface area contributed by atoms with Gasteiger partial charge in [0.25, 0.3) is 5.91 Å². The van der Waals surface area contributed by atoms with Crippen molar-refractivity contribution in [3.63, 3.8) is 0 Å². The first-order chi connectivity index (χ1) is 20.4. The van der Waals surface area contributed by atoms with E-state index >= 15 is 0 Å². The van der Waals surface area contributed by atoms with E-state index in [-0.39, 0.29) is 6.54 Å². The van der Waals surface area contributed by atoms with Crippen LogP contribution in [0.5, 0.6) is 0 Å².